The van der Waals surface area contributed by atoms with E-state index in [1.54, 1.807) is 59.1 Å². The summed E-state index contributed by atoms with van der Waals surface area (Å²) in [7, 11) is 14.1. The SMILES string of the molecule is CN(C)c1ccc2nc3ccc(=[N+](C)C)cc-3sc2c1.CN=c1ccc2nc3ccc(N(C)C)cc3sc-2c1.Cl.O=C1OC2(c3ccccc31)c1cc(Br)c([O-])c(Br)c1Oc1c2cc(Br)c([O-])c1Br.[Cl-].[Na+].[Na+]. The van der Waals surface area contributed by atoms with E-state index in [2.05, 4.69) is 172 Å². The Bertz CT molecular complexity index is 3560. The third-order valence-electron chi connectivity index (χ3n) is 11.5. The molecular weight excluding hydrogens is 1280 g/mol. The number of halogens is 6. The predicted octanol–water partition coefficient (Wildman–Crippen LogP) is 2.38. The molecule has 0 saturated carbocycles. The zero-order chi connectivity index (χ0) is 48.3. The van der Waals surface area contributed by atoms with Gasteiger partial charge < -0.3 is 41.9 Å². The van der Waals surface area contributed by atoms with E-state index in [-0.39, 0.29) is 125 Å². The van der Waals surface area contributed by atoms with Crippen LogP contribution >= 0.6 is 98.8 Å². The summed E-state index contributed by atoms with van der Waals surface area (Å²) in [4.78, 5) is 33.1. The number of nitrogens with zero attached hydrogens (tertiary/aromatic N) is 6. The van der Waals surface area contributed by atoms with E-state index in [1.807, 2.05) is 33.3 Å². The van der Waals surface area contributed by atoms with Crippen molar-refractivity contribution < 1.29 is 96.0 Å². The Hall–Kier alpha value is -2.85. The first-order chi connectivity index (χ1) is 32.5. The summed E-state index contributed by atoms with van der Waals surface area (Å²) in [6.07, 6.45) is 0. The van der Waals surface area contributed by atoms with Crippen LogP contribution in [0.4, 0.5) is 11.4 Å². The molecule has 4 aliphatic heterocycles. The molecule has 0 N–H and O–H groups in total. The number of anilines is 2. The van der Waals surface area contributed by atoms with Crippen LogP contribution in [0.25, 0.3) is 41.6 Å². The summed E-state index contributed by atoms with van der Waals surface area (Å²) in [5.74, 6) is -0.766. The van der Waals surface area contributed by atoms with Gasteiger partial charge in [-0.2, -0.15) is 0 Å². The number of aromatic nitrogens is 2. The van der Waals surface area contributed by atoms with E-state index in [4.69, 9.17) is 19.4 Å². The van der Waals surface area contributed by atoms with Crippen molar-refractivity contribution >= 4 is 137 Å². The summed E-state index contributed by atoms with van der Waals surface area (Å²) in [6.45, 7) is 0. The van der Waals surface area contributed by atoms with Gasteiger partial charge in [0.1, 0.15) is 25.6 Å². The van der Waals surface area contributed by atoms with E-state index in [0.717, 1.165) is 27.8 Å². The van der Waals surface area contributed by atoms with Crippen LogP contribution in [-0.4, -0.2) is 65.3 Å². The molecule has 0 radical (unpaired) electrons. The third kappa shape index (κ3) is 11.3. The molecule has 72 heavy (non-hydrogen) atoms. The Labute approximate surface area is 514 Å². The molecule has 21 heteroatoms. The number of ether oxygens (including phenoxy) is 2. The largest absolute Gasteiger partial charge is 1.00 e. The van der Waals surface area contributed by atoms with E-state index in [0.29, 0.717) is 22.3 Å². The molecular formula is C51H40Br4Cl2N6Na2O5S2. The van der Waals surface area contributed by atoms with Crippen LogP contribution in [0.15, 0.2) is 132 Å². The second-order valence-corrected chi connectivity index (χ2v) is 21.9. The molecule has 5 aromatic rings. The number of rotatable bonds is 2. The number of hydrogen-bond acceptors (Lipinski definition) is 12. The van der Waals surface area contributed by atoms with Gasteiger partial charge in [-0.05, 0) is 111 Å². The molecule has 0 bridgehead atoms. The van der Waals surface area contributed by atoms with E-state index in [9.17, 15) is 15.0 Å². The zero-order valence-electron chi connectivity index (χ0n) is 40.2. The van der Waals surface area contributed by atoms with Crippen molar-refractivity contribution in [3.8, 4) is 44.1 Å². The van der Waals surface area contributed by atoms with Crippen molar-refractivity contribution in [2.24, 2.45) is 4.99 Å². The second kappa shape index (κ2) is 24.4. The molecule has 5 aromatic carbocycles. The predicted molar refractivity (Wildman–Crippen MR) is 291 cm³/mol. The smallest absolute Gasteiger partial charge is 1.00 e. The molecule has 0 aromatic heterocycles. The maximum Gasteiger partial charge on any atom is 1.00 e. The van der Waals surface area contributed by atoms with Gasteiger partial charge in [-0.15, -0.1) is 35.1 Å². The van der Waals surface area contributed by atoms with Crippen LogP contribution in [0, 0.1) is 0 Å². The van der Waals surface area contributed by atoms with Crippen molar-refractivity contribution in [1.82, 2.24) is 14.5 Å². The van der Waals surface area contributed by atoms with Gasteiger partial charge in [-0.25, -0.2) is 19.3 Å². The molecule has 0 saturated heterocycles. The average molecular weight is 1320 g/mol. The quantitative estimate of drug-likeness (QED) is 0.111. The first kappa shape index (κ1) is 60.0. The molecule has 0 amide bonds. The molecule has 11 rings (SSSR count). The maximum atomic E-state index is 12.8. The molecule has 0 fully saturated rings. The minimum atomic E-state index is -1.38. The Morgan fingerprint density at radius 2 is 1.14 bits per heavy atom. The van der Waals surface area contributed by atoms with Crippen LogP contribution in [0.2, 0.25) is 0 Å². The van der Waals surface area contributed by atoms with Gasteiger partial charge >= 0.3 is 65.1 Å². The summed E-state index contributed by atoms with van der Waals surface area (Å²) >= 11 is 16.7. The molecule has 2 aliphatic carbocycles. The maximum absolute atomic E-state index is 12.8. The van der Waals surface area contributed by atoms with E-state index < -0.39 is 11.6 Å². The Morgan fingerprint density at radius 1 is 0.653 bits per heavy atom. The van der Waals surface area contributed by atoms with Gasteiger partial charge in [0.05, 0.1) is 61.4 Å². The van der Waals surface area contributed by atoms with E-state index >= 15 is 0 Å². The first-order valence-corrected chi connectivity index (χ1v) is 25.7. The Kier molecular flexibility index (Phi) is 20.4. The second-order valence-electron chi connectivity index (χ2n) is 16.4. The monoisotopic (exact) mass is 1310 g/mol. The minimum Gasteiger partial charge on any atom is -1.00 e. The van der Waals surface area contributed by atoms with Gasteiger partial charge in [0.15, 0.2) is 5.60 Å². The number of carbonyl (C=O) groups is 1. The number of carbonyl (C=O) groups excluding carboxylic acids is 1. The number of benzene rings is 7. The zero-order valence-corrected chi connectivity index (χ0v) is 53.8. The van der Waals surface area contributed by atoms with Gasteiger partial charge in [-0.3, -0.25) is 4.99 Å². The normalized spacial score (nSPS) is 12.5. The fourth-order valence-electron chi connectivity index (χ4n) is 7.93. The first-order valence-electron chi connectivity index (χ1n) is 20.9. The number of hydrogen-bond donors (Lipinski definition) is 0. The Morgan fingerprint density at radius 3 is 1.62 bits per heavy atom. The van der Waals surface area contributed by atoms with E-state index in [1.165, 1.54) is 35.9 Å². The molecule has 0 unspecified atom stereocenters. The molecule has 6 aliphatic rings. The summed E-state index contributed by atoms with van der Waals surface area (Å²) in [6, 6.07) is 35.5. The Balaban J connectivity index is 0.000000201. The van der Waals surface area contributed by atoms with Crippen molar-refractivity contribution in [1.29, 1.82) is 0 Å². The molecule has 4 heterocycles. The van der Waals surface area contributed by atoms with Crippen molar-refractivity contribution in [3.05, 3.63) is 160 Å². The third-order valence-corrected chi connectivity index (χ3v) is 16.3. The van der Waals surface area contributed by atoms with Crippen LogP contribution in [-0.2, 0) is 10.3 Å². The van der Waals surface area contributed by atoms with Crippen molar-refractivity contribution in [3.63, 3.8) is 0 Å². The fraction of sp³-hybridized carbons (Fsp3) is 0.157. The van der Waals surface area contributed by atoms with Crippen LogP contribution in [0.1, 0.15) is 27.0 Å². The topological polar surface area (TPSA) is 129 Å². The summed E-state index contributed by atoms with van der Waals surface area (Å²) < 4.78 is 17.5. The molecule has 0 atom stereocenters. The van der Waals surface area contributed by atoms with Crippen LogP contribution in [0.3, 0.4) is 0 Å². The van der Waals surface area contributed by atoms with Gasteiger partial charge in [0, 0.05) is 84.4 Å². The average Bonchev–Trinajstić information content (AvgIpc) is 3.63. The standard InChI is InChI=1S/C20H8Br4O5.C16H18N3S.C15H15N3S.2ClH.2Na/c21-11-5-9-17(13(23)15(11)25)28-18-10(6-12(22)16(26)14(18)24)20(9)8-4-2-1-3-7(8)19(27)29-20;1-18(2)11-5-7-13-15(9-11)20-16-10-12(19(3)4)6-8-14(16)17-13;1-16-10-4-6-12-14(8-10)19-15-9-11(18(2)3)5-7-13(15)17-12;;;;/h1-6,25-26H;5-10H,1-4H3;4-9H,1-3H3;2*1H;;/q;+1;;;;2*+1/p-3. The molecule has 1 spiro atoms. The summed E-state index contributed by atoms with van der Waals surface area (Å²) in [5.41, 5.74) is 7.17. The molecule has 360 valence electrons. The van der Waals surface area contributed by atoms with Gasteiger partial charge in [0.25, 0.3) is 0 Å². The van der Waals surface area contributed by atoms with Crippen LogP contribution in [0.5, 0.6) is 23.0 Å². The molecule has 11 nitrogen and oxygen atoms in total. The summed E-state index contributed by atoms with van der Waals surface area (Å²) in [5, 5.41) is 27.2. The van der Waals surface area contributed by atoms with Gasteiger partial charge in [0.2, 0.25) is 5.36 Å². The number of fused-ring (bicyclic) bond motifs is 10. The van der Waals surface area contributed by atoms with Gasteiger partial charge in [-0.1, -0.05) is 61.6 Å². The number of esters is 1. The fourth-order valence-corrected chi connectivity index (χ4v) is 12.4. The minimum absolute atomic E-state index is 0. The van der Waals surface area contributed by atoms with Crippen molar-refractivity contribution in [2.45, 2.75) is 5.60 Å². The van der Waals surface area contributed by atoms with Crippen LogP contribution < -0.4 is 112 Å². The van der Waals surface area contributed by atoms with Crippen molar-refractivity contribution in [2.75, 3.05) is 59.1 Å².